The monoisotopic (exact) mass is 356 g/mol. The average Bonchev–Trinajstić information content (AvgIpc) is 3.26. The Bertz CT molecular complexity index is 873. The second kappa shape index (κ2) is 6.64. The van der Waals surface area contributed by atoms with Gasteiger partial charge in [0.25, 0.3) is 5.89 Å². The molecule has 4 rings (SSSR count). The quantitative estimate of drug-likeness (QED) is 0.708. The van der Waals surface area contributed by atoms with Gasteiger partial charge >= 0.3 is 0 Å². The predicted octanol–water partition coefficient (Wildman–Crippen LogP) is 3.80. The van der Waals surface area contributed by atoms with Crippen LogP contribution in [0.3, 0.4) is 0 Å². The van der Waals surface area contributed by atoms with E-state index in [1.165, 1.54) is 0 Å². The molecule has 1 aliphatic rings. The summed E-state index contributed by atoms with van der Waals surface area (Å²) in [6.07, 6.45) is 1.10. The Hall–Kier alpha value is -2.54. The molecule has 0 radical (unpaired) electrons. The molecule has 1 fully saturated rings. The van der Waals surface area contributed by atoms with Crippen molar-refractivity contribution in [2.45, 2.75) is 38.9 Å². The fraction of sp³-hybridized carbons (Fsp3) is 0.421. The van der Waals surface area contributed by atoms with Crippen LogP contribution < -0.4 is 0 Å². The molecule has 0 saturated carbocycles. The van der Waals surface area contributed by atoms with E-state index >= 15 is 4.39 Å². The van der Waals surface area contributed by atoms with Gasteiger partial charge in [0, 0.05) is 24.2 Å². The van der Waals surface area contributed by atoms with Gasteiger partial charge in [-0.3, -0.25) is 4.90 Å². The van der Waals surface area contributed by atoms with E-state index < -0.39 is 5.67 Å². The zero-order chi connectivity index (χ0) is 18.1. The Kier molecular flexibility index (Phi) is 4.32. The van der Waals surface area contributed by atoms with E-state index in [0.29, 0.717) is 18.8 Å². The van der Waals surface area contributed by atoms with Crippen LogP contribution in [0.2, 0.25) is 0 Å². The van der Waals surface area contributed by atoms with Crippen molar-refractivity contribution in [2.75, 3.05) is 13.1 Å². The topological polar surface area (TPSA) is 68.2 Å². The molecule has 7 heteroatoms. The molecule has 0 N–H and O–H groups in total. The summed E-state index contributed by atoms with van der Waals surface area (Å²) in [5.41, 5.74) is 1.04. The van der Waals surface area contributed by atoms with Crippen LogP contribution in [0.4, 0.5) is 4.39 Å². The van der Waals surface area contributed by atoms with Crippen LogP contribution in [0.5, 0.6) is 0 Å². The van der Waals surface area contributed by atoms with Crippen molar-refractivity contribution >= 4 is 0 Å². The van der Waals surface area contributed by atoms with Crippen LogP contribution in [0.25, 0.3) is 11.4 Å². The summed E-state index contributed by atoms with van der Waals surface area (Å²) in [7, 11) is 0. The van der Waals surface area contributed by atoms with E-state index in [2.05, 4.69) is 20.2 Å². The van der Waals surface area contributed by atoms with E-state index in [9.17, 15) is 0 Å². The lowest BCUT2D eigenvalue weighted by molar-refractivity contribution is 0.0122. The lowest BCUT2D eigenvalue weighted by atomic mass is 9.94. The molecule has 0 spiro atoms. The van der Waals surface area contributed by atoms with Gasteiger partial charge in [0.05, 0.1) is 5.69 Å². The number of hydrogen-bond acceptors (Lipinski definition) is 6. The summed E-state index contributed by atoms with van der Waals surface area (Å²) in [5.74, 6) is 1.25. The summed E-state index contributed by atoms with van der Waals surface area (Å²) < 4.78 is 26.2. The number of hydrogen-bond donors (Lipinski definition) is 0. The molecule has 0 bridgehead atoms. The van der Waals surface area contributed by atoms with Crippen LogP contribution in [-0.4, -0.2) is 33.3 Å². The number of likely N-dealkylation sites (tertiary alicyclic amines) is 1. The number of nitrogens with zero attached hydrogens (tertiary/aromatic N) is 4. The summed E-state index contributed by atoms with van der Waals surface area (Å²) in [6, 6.07) is 9.45. The molecule has 1 unspecified atom stereocenters. The molecule has 1 aromatic carbocycles. The molecule has 3 heterocycles. The van der Waals surface area contributed by atoms with Crippen molar-refractivity contribution in [3.63, 3.8) is 0 Å². The van der Waals surface area contributed by atoms with E-state index in [-0.39, 0.29) is 12.4 Å². The SMILES string of the molecule is Cc1noc(C)c1CN1CCCC(F)(c2nc(-c3ccccc3)no2)C1. The third-order valence-electron chi connectivity index (χ3n) is 4.93. The van der Waals surface area contributed by atoms with Crippen molar-refractivity contribution in [3.05, 3.63) is 53.2 Å². The van der Waals surface area contributed by atoms with Gasteiger partial charge in [-0.25, -0.2) is 4.39 Å². The van der Waals surface area contributed by atoms with E-state index in [4.69, 9.17) is 9.05 Å². The Morgan fingerprint density at radius 3 is 2.69 bits per heavy atom. The number of benzene rings is 1. The minimum Gasteiger partial charge on any atom is -0.361 e. The van der Waals surface area contributed by atoms with Gasteiger partial charge in [0.2, 0.25) is 11.5 Å². The zero-order valence-electron chi connectivity index (χ0n) is 14.9. The molecular formula is C19H21FN4O2. The molecule has 136 valence electrons. The van der Waals surface area contributed by atoms with Gasteiger partial charge in [-0.2, -0.15) is 4.98 Å². The minimum absolute atomic E-state index is 0.0554. The van der Waals surface area contributed by atoms with Gasteiger partial charge < -0.3 is 9.05 Å². The number of halogens is 1. The lowest BCUT2D eigenvalue weighted by Crippen LogP contribution is -2.43. The summed E-state index contributed by atoms with van der Waals surface area (Å²) >= 11 is 0. The second-order valence-corrected chi connectivity index (χ2v) is 6.87. The Morgan fingerprint density at radius 2 is 1.96 bits per heavy atom. The maximum absolute atomic E-state index is 15.6. The molecule has 3 aromatic rings. The standard InChI is InChI=1S/C19H21FN4O2/c1-13-16(14(2)25-22-13)11-24-10-6-9-19(20,12-24)18-21-17(23-26-18)15-7-4-3-5-8-15/h3-5,7-8H,6,9-12H2,1-2H3. The minimum atomic E-state index is -1.64. The molecule has 26 heavy (non-hydrogen) atoms. The number of piperidine rings is 1. The summed E-state index contributed by atoms with van der Waals surface area (Å²) in [5, 5.41) is 7.94. The van der Waals surface area contributed by atoms with Gasteiger partial charge in [-0.15, -0.1) is 0 Å². The van der Waals surface area contributed by atoms with Crippen molar-refractivity contribution in [1.29, 1.82) is 0 Å². The fourth-order valence-corrected chi connectivity index (χ4v) is 3.47. The largest absolute Gasteiger partial charge is 0.361 e. The van der Waals surface area contributed by atoms with Crippen LogP contribution in [-0.2, 0) is 12.2 Å². The smallest absolute Gasteiger partial charge is 0.265 e. The molecule has 0 aliphatic carbocycles. The first-order valence-electron chi connectivity index (χ1n) is 8.78. The predicted molar refractivity (Wildman–Crippen MR) is 93.0 cm³/mol. The highest BCUT2D eigenvalue weighted by Crippen LogP contribution is 2.36. The van der Waals surface area contributed by atoms with Gasteiger partial charge in [0.15, 0.2) is 0 Å². The first kappa shape index (κ1) is 16.9. The molecule has 0 amide bonds. The maximum Gasteiger partial charge on any atom is 0.265 e. The van der Waals surface area contributed by atoms with Gasteiger partial charge in [-0.1, -0.05) is 40.6 Å². The first-order chi connectivity index (χ1) is 12.5. The highest BCUT2D eigenvalue weighted by Gasteiger charge is 2.42. The number of aryl methyl sites for hydroxylation is 2. The van der Waals surface area contributed by atoms with Crippen molar-refractivity contribution in [3.8, 4) is 11.4 Å². The highest BCUT2D eigenvalue weighted by molar-refractivity contribution is 5.53. The Balaban J connectivity index is 1.54. The molecule has 1 saturated heterocycles. The molecular weight excluding hydrogens is 335 g/mol. The summed E-state index contributed by atoms with van der Waals surface area (Å²) in [4.78, 5) is 6.39. The van der Waals surface area contributed by atoms with Crippen LogP contribution in [0.15, 0.2) is 39.4 Å². The van der Waals surface area contributed by atoms with Gasteiger partial charge in [-0.05, 0) is 33.2 Å². The van der Waals surface area contributed by atoms with Crippen LogP contribution >= 0.6 is 0 Å². The number of rotatable bonds is 4. The molecule has 1 aliphatic heterocycles. The van der Waals surface area contributed by atoms with Crippen LogP contribution in [0.1, 0.15) is 35.7 Å². The number of alkyl halides is 1. The second-order valence-electron chi connectivity index (χ2n) is 6.87. The van der Waals surface area contributed by atoms with Gasteiger partial charge in [0.1, 0.15) is 5.76 Å². The normalized spacial score (nSPS) is 21.2. The lowest BCUT2D eigenvalue weighted by Gasteiger charge is -2.34. The van der Waals surface area contributed by atoms with E-state index in [0.717, 1.165) is 35.5 Å². The zero-order valence-corrected chi connectivity index (χ0v) is 14.9. The van der Waals surface area contributed by atoms with Crippen molar-refractivity contribution in [2.24, 2.45) is 0 Å². The van der Waals surface area contributed by atoms with Crippen LogP contribution in [0, 0.1) is 13.8 Å². The average molecular weight is 356 g/mol. The number of aromatic nitrogens is 3. The molecule has 2 aromatic heterocycles. The highest BCUT2D eigenvalue weighted by atomic mass is 19.1. The Morgan fingerprint density at radius 1 is 1.15 bits per heavy atom. The maximum atomic E-state index is 15.6. The third kappa shape index (κ3) is 3.14. The fourth-order valence-electron chi connectivity index (χ4n) is 3.47. The third-order valence-corrected chi connectivity index (χ3v) is 4.93. The van der Waals surface area contributed by atoms with Crippen molar-refractivity contribution in [1.82, 2.24) is 20.2 Å². The first-order valence-corrected chi connectivity index (χ1v) is 8.78. The summed E-state index contributed by atoms with van der Waals surface area (Å²) in [6.45, 7) is 5.42. The molecule has 6 nitrogen and oxygen atoms in total. The molecule has 1 atom stereocenters. The Labute approximate surface area is 151 Å². The van der Waals surface area contributed by atoms with E-state index in [1.54, 1.807) is 0 Å². The van der Waals surface area contributed by atoms with E-state index in [1.807, 2.05) is 44.2 Å². The van der Waals surface area contributed by atoms with Crippen molar-refractivity contribution < 1.29 is 13.4 Å².